The van der Waals surface area contributed by atoms with Gasteiger partial charge in [-0.25, -0.2) is 8.42 Å². The molecule has 0 saturated carbocycles. The van der Waals surface area contributed by atoms with Gasteiger partial charge < -0.3 is 10.2 Å². The first-order valence-electron chi connectivity index (χ1n) is 4.74. The first kappa shape index (κ1) is 13.3. The molecule has 0 unspecified atom stereocenters. The molecule has 0 bridgehead atoms. The van der Waals surface area contributed by atoms with E-state index in [1.54, 1.807) is 19.9 Å². The molecule has 0 aliphatic carbocycles. The van der Waals surface area contributed by atoms with Gasteiger partial charge in [0.1, 0.15) is 5.75 Å². The van der Waals surface area contributed by atoms with Crippen LogP contribution in [-0.2, 0) is 14.8 Å². The number of phenols is 1. The van der Waals surface area contributed by atoms with E-state index in [1.165, 1.54) is 6.07 Å². The van der Waals surface area contributed by atoms with E-state index in [0.29, 0.717) is 11.1 Å². The molecule has 17 heavy (non-hydrogen) atoms. The van der Waals surface area contributed by atoms with Crippen LogP contribution < -0.4 is 4.72 Å². The maximum atomic E-state index is 11.4. The minimum Gasteiger partial charge on any atom is -0.507 e. The van der Waals surface area contributed by atoms with Gasteiger partial charge in [0.25, 0.3) is 0 Å². The molecule has 7 heteroatoms. The summed E-state index contributed by atoms with van der Waals surface area (Å²) in [6.45, 7) is 3.22. The summed E-state index contributed by atoms with van der Waals surface area (Å²) in [5.74, 6) is -2.46. The van der Waals surface area contributed by atoms with Crippen molar-refractivity contribution < 1.29 is 23.4 Å². The lowest BCUT2D eigenvalue weighted by Crippen LogP contribution is -2.22. The number of carboxylic acids is 1. The summed E-state index contributed by atoms with van der Waals surface area (Å²) in [6.07, 6.45) is 0. The topological polar surface area (TPSA) is 104 Å². The summed E-state index contributed by atoms with van der Waals surface area (Å²) < 4.78 is 24.9. The van der Waals surface area contributed by atoms with Gasteiger partial charge in [-0.2, -0.15) is 0 Å². The van der Waals surface area contributed by atoms with E-state index in [2.05, 4.69) is 4.72 Å². The maximum Gasteiger partial charge on any atom is 0.320 e. The van der Waals surface area contributed by atoms with Gasteiger partial charge in [0, 0.05) is 5.56 Å². The highest BCUT2D eigenvalue weighted by atomic mass is 32.2. The summed E-state index contributed by atoms with van der Waals surface area (Å²) in [5, 5.41) is 18.0. The number of aryl methyl sites for hydroxylation is 1. The number of rotatable bonds is 4. The number of hydrogen-bond donors (Lipinski definition) is 3. The Bertz CT molecular complexity index is 550. The van der Waals surface area contributed by atoms with Crippen LogP contribution >= 0.6 is 0 Å². The highest BCUT2D eigenvalue weighted by molar-refractivity contribution is 7.93. The van der Waals surface area contributed by atoms with Crippen molar-refractivity contribution in [1.82, 2.24) is 0 Å². The molecule has 0 atom stereocenters. The Kier molecular flexibility index (Phi) is 3.62. The van der Waals surface area contributed by atoms with E-state index in [0.717, 1.165) is 0 Å². The summed E-state index contributed by atoms with van der Waals surface area (Å²) in [7, 11) is -3.95. The quantitative estimate of drug-likeness (QED) is 0.743. The second kappa shape index (κ2) is 4.62. The van der Waals surface area contributed by atoms with Gasteiger partial charge in [-0.15, -0.1) is 0 Å². The number of nitrogens with one attached hydrogen (secondary N) is 1. The van der Waals surface area contributed by atoms with Gasteiger partial charge in [-0.3, -0.25) is 9.52 Å². The maximum absolute atomic E-state index is 11.4. The first-order valence-corrected chi connectivity index (χ1v) is 6.39. The SMILES string of the molecule is Cc1ccc(NS(=O)(=O)CC(=O)O)c(C)c1O. The van der Waals surface area contributed by atoms with Crippen molar-refractivity contribution in [2.45, 2.75) is 13.8 Å². The Morgan fingerprint density at radius 2 is 1.94 bits per heavy atom. The summed E-state index contributed by atoms with van der Waals surface area (Å²) in [6, 6.07) is 3.02. The molecule has 1 aromatic rings. The fraction of sp³-hybridized carbons (Fsp3) is 0.300. The average molecular weight is 259 g/mol. The fourth-order valence-electron chi connectivity index (χ4n) is 1.31. The predicted octanol–water partition coefficient (Wildman–Crippen LogP) is 0.835. The van der Waals surface area contributed by atoms with Crippen LogP contribution in [0.15, 0.2) is 12.1 Å². The molecule has 0 radical (unpaired) electrons. The monoisotopic (exact) mass is 259 g/mol. The van der Waals surface area contributed by atoms with Crippen LogP contribution in [-0.4, -0.2) is 30.4 Å². The van der Waals surface area contributed by atoms with Gasteiger partial charge in [0.2, 0.25) is 10.0 Å². The highest BCUT2D eigenvalue weighted by Gasteiger charge is 2.17. The Balaban J connectivity index is 3.05. The third kappa shape index (κ3) is 3.35. The molecule has 0 aromatic heterocycles. The lowest BCUT2D eigenvalue weighted by atomic mass is 10.1. The number of carboxylic acid groups (broad SMARTS) is 1. The number of anilines is 1. The number of aromatic hydroxyl groups is 1. The largest absolute Gasteiger partial charge is 0.507 e. The second-order valence-electron chi connectivity index (χ2n) is 3.66. The van der Waals surface area contributed by atoms with Crippen molar-refractivity contribution in [3.63, 3.8) is 0 Å². The molecule has 0 saturated heterocycles. The van der Waals surface area contributed by atoms with Crippen molar-refractivity contribution in [3.05, 3.63) is 23.3 Å². The first-order chi connectivity index (χ1) is 7.73. The molecule has 0 fully saturated rings. The number of aliphatic carboxylic acids is 1. The molecule has 3 N–H and O–H groups in total. The van der Waals surface area contributed by atoms with E-state index in [-0.39, 0.29) is 11.4 Å². The summed E-state index contributed by atoms with van der Waals surface area (Å²) >= 11 is 0. The molecule has 0 spiro atoms. The Hall–Kier alpha value is -1.76. The minimum atomic E-state index is -3.95. The average Bonchev–Trinajstić information content (AvgIpc) is 2.17. The van der Waals surface area contributed by atoms with Gasteiger partial charge >= 0.3 is 5.97 Å². The van der Waals surface area contributed by atoms with E-state index in [1.807, 2.05) is 0 Å². The van der Waals surface area contributed by atoms with Crippen LogP contribution in [0.1, 0.15) is 11.1 Å². The second-order valence-corrected chi connectivity index (χ2v) is 5.38. The van der Waals surface area contributed by atoms with Crippen LogP contribution in [0.4, 0.5) is 5.69 Å². The molecule has 1 rings (SSSR count). The number of hydrogen-bond acceptors (Lipinski definition) is 4. The van der Waals surface area contributed by atoms with Crippen molar-refractivity contribution in [3.8, 4) is 5.75 Å². The van der Waals surface area contributed by atoms with Gasteiger partial charge in [0.15, 0.2) is 5.75 Å². The number of carbonyl (C=O) groups is 1. The van der Waals surface area contributed by atoms with Crippen LogP contribution in [0.2, 0.25) is 0 Å². The fourth-order valence-corrected chi connectivity index (χ4v) is 2.27. The van der Waals surface area contributed by atoms with Crippen molar-refractivity contribution >= 4 is 21.7 Å². The molecular formula is C10H13NO5S. The zero-order valence-electron chi connectivity index (χ0n) is 9.39. The molecule has 0 aliphatic heterocycles. The van der Waals surface area contributed by atoms with Crippen molar-refractivity contribution in [2.75, 3.05) is 10.5 Å². The Morgan fingerprint density at radius 1 is 1.35 bits per heavy atom. The van der Waals surface area contributed by atoms with Crippen molar-refractivity contribution in [1.29, 1.82) is 0 Å². The highest BCUT2D eigenvalue weighted by Crippen LogP contribution is 2.28. The number of benzene rings is 1. The molecule has 0 heterocycles. The lowest BCUT2D eigenvalue weighted by Gasteiger charge is -2.11. The minimum absolute atomic E-state index is 0.0134. The number of phenolic OH excluding ortho intramolecular Hbond substituents is 1. The third-order valence-corrected chi connectivity index (χ3v) is 3.37. The van der Waals surface area contributed by atoms with Crippen LogP contribution in [0.25, 0.3) is 0 Å². The van der Waals surface area contributed by atoms with Crippen LogP contribution in [0, 0.1) is 13.8 Å². The molecule has 0 amide bonds. The van der Waals surface area contributed by atoms with Crippen LogP contribution in [0.3, 0.4) is 0 Å². The predicted molar refractivity (Wildman–Crippen MR) is 62.6 cm³/mol. The summed E-state index contributed by atoms with van der Waals surface area (Å²) in [4.78, 5) is 10.3. The van der Waals surface area contributed by atoms with E-state index >= 15 is 0 Å². The Morgan fingerprint density at radius 3 is 2.47 bits per heavy atom. The summed E-state index contributed by atoms with van der Waals surface area (Å²) in [5.41, 5.74) is 1.15. The molecule has 94 valence electrons. The standard InChI is InChI=1S/C10H13NO5S/c1-6-3-4-8(7(2)10(6)14)11-17(15,16)5-9(12)13/h3-4,11,14H,5H2,1-2H3,(H,12,13). The normalized spacial score (nSPS) is 11.2. The molecule has 0 aliphatic rings. The van der Waals surface area contributed by atoms with E-state index < -0.39 is 21.7 Å². The third-order valence-electron chi connectivity index (χ3n) is 2.21. The number of sulfonamides is 1. The zero-order valence-corrected chi connectivity index (χ0v) is 10.2. The molecule has 6 nitrogen and oxygen atoms in total. The smallest absolute Gasteiger partial charge is 0.320 e. The van der Waals surface area contributed by atoms with Crippen LogP contribution in [0.5, 0.6) is 5.75 Å². The zero-order chi connectivity index (χ0) is 13.2. The van der Waals surface area contributed by atoms with Gasteiger partial charge in [-0.05, 0) is 25.5 Å². The van der Waals surface area contributed by atoms with Crippen molar-refractivity contribution in [2.24, 2.45) is 0 Å². The van der Waals surface area contributed by atoms with Gasteiger partial charge in [-0.1, -0.05) is 6.07 Å². The molecule has 1 aromatic carbocycles. The lowest BCUT2D eigenvalue weighted by molar-refractivity contribution is -0.134. The Labute approximate surface area is 99.0 Å². The van der Waals surface area contributed by atoms with E-state index in [4.69, 9.17) is 5.11 Å². The van der Waals surface area contributed by atoms with Gasteiger partial charge in [0.05, 0.1) is 5.69 Å². The van der Waals surface area contributed by atoms with E-state index in [9.17, 15) is 18.3 Å². The molecular weight excluding hydrogens is 246 g/mol.